The van der Waals surface area contributed by atoms with Gasteiger partial charge in [0.25, 0.3) is 0 Å². The fraction of sp³-hybridized carbons (Fsp3) is 0.643. The van der Waals surface area contributed by atoms with E-state index < -0.39 is 0 Å². The molecule has 1 amide bonds. The average Bonchev–Trinajstić information content (AvgIpc) is 3.22. The molecule has 3 fully saturated rings. The van der Waals surface area contributed by atoms with Crippen LogP contribution in [0.5, 0.6) is 0 Å². The highest BCUT2D eigenvalue weighted by Crippen LogP contribution is 2.38. The molecule has 1 aromatic rings. The number of carbonyl (C=O) groups is 1. The molecule has 0 aromatic carbocycles. The molecule has 2 aliphatic heterocycles. The molecule has 6 heteroatoms. The molecule has 106 valence electrons. The molecule has 4 rings (SSSR count). The molecule has 0 radical (unpaired) electrons. The van der Waals surface area contributed by atoms with Crippen LogP contribution in [-0.2, 0) is 4.79 Å². The minimum atomic E-state index is 0.146. The van der Waals surface area contributed by atoms with Gasteiger partial charge in [-0.2, -0.15) is 0 Å². The Bertz CT molecular complexity index is 524. The van der Waals surface area contributed by atoms with Gasteiger partial charge in [-0.25, -0.2) is 9.97 Å². The zero-order valence-electron chi connectivity index (χ0n) is 11.5. The van der Waals surface area contributed by atoms with Crippen LogP contribution in [0, 0.1) is 0 Å². The Balaban J connectivity index is 1.38. The monoisotopic (exact) mass is 273 g/mol. The lowest BCUT2D eigenvalue weighted by atomic mass is 10.1. The van der Waals surface area contributed by atoms with Crippen molar-refractivity contribution in [1.29, 1.82) is 0 Å². The molecule has 6 nitrogen and oxygen atoms in total. The van der Waals surface area contributed by atoms with Crippen LogP contribution in [0.3, 0.4) is 0 Å². The van der Waals surface area contributed by atoms with Crippen LogP contribution in [0.1, 0.15) is 24.6 Å². The lowest BCUT2D eigenvalue weighted by Crippen LogP contribution is -2.64. The second kappa shape index (κ2) is 4.70. The largest absolute Gasteiger partial charge is 0.354 e. The van der Waals surface area contributed by atoms with Crippen molar-refractivity contribution in [2.45, 2.75) is 24.8 Å². The van der Waals surface area contributed by atoms with Crippen LogP contribution in [0.15, 0.2) is 12.3 Å². The molecule has 0 bridgehead atoms. The summed E-state index contributed by atoms with van der Waals surface area (Å²) >= 11 is 0. The third kappa shape index (κ3) is 2.24. The van der Waals surface area contributed by atoms with Gasteiger partial charge < -0.3 is 10.2 Å². The first-order chi connectivity index (χ1) is 9.79. The highest BCUT2D eigenvalue weighted by atomic mass is 16.2. The minimum Gasteiger partial charge on any atom is -0.354 e. The number of carbonyl (C=O) groups excluding carboxylic acids is 1. The fourth-order valence-corrected chi connectivity index (χ4v) is 2.92. The van der Waals surface area contributed by atoms with Crippen molar-refractivity contribution >= 4 is 11.7 Å². The summed E-state index contributed by atoms with van der Waals surface area (Å²) in [5.74, 6) is 2.79. The fourth-order valence-electron chi connectivity index (χ4n) is 2.92. The van der Waals surface area contributed by atoms with Crippen LogP contribution in [0.2, 0.25) is 0 Å². The van der Waals surface area contributed by atoms with Crippen molar-refractivity contribution in [2.24, 2.45) is 0 Å². The number of amides is 1. The third-order valence-electron chi connectivity index (χ3n) is 4.37. The Kier molecular flexibility index (Phi) is 2.84. The Morgan fingerprint density at radius 1 is 1.30 bits per heavy atom. The van der Waals surface area contributed by atoms with Crippen molar-refractivity contribution in [3.63, 3.8) is 0 Å². The first-order valence-corrected chi connectivity index (χ1v) is 7.38. The number of rotatable bonds is 3. The van der Waals surface area contributed by atoms with Crippen molar-refractivity contribution in [2.75, 3.05) is 37.6 Å². The van der Waals surface area contributed by atoms with Gasteiger partial charge in [0.2, 0.25) is 5.91 Å². The summed E-state index contributed by atoms with van der Waals surface area (Å²) in [6, 6.07) is 2.48. The van der Waals surface area contributed by atoms with Crippen molar-refractivity contribution in [3.8, 4) is 0 Å². The van der Waals surface area contributed by atoms with E-state index >= 15 is 0 Å². The van der Waals surface area contributed by atoms with Gasteiger partial charge in [-0.05, 0) is 18.9 Å². The number of hydrogen-bond acceptors (Lipinski definition) is 5. The number of aromatic nitrogens is 2. The summed E-state index contributed by atoms with van der Waals surface area (Å²) in [4.78, 5) is 25.0. The van der Waals surface area contributed by atoms with Crippen LogP contribution >= 0.6 is 0 Å². The van der Waals surface area contributed by atoms with Gasteiger partial charge >= 0.3 is 0 Å². The molecule has 0 spiro atoms. The normalized spacial score (nSPS) is 24.4. The van der Waals surface area contributed by atoms with Gasteiger partial charge in [-0.15, -0.1) is 0 Å². The molecule has 1 N–H and O–H groups in total. The lowest BCUT2D eigenvalue weighted by molar-refractivity contribution is -0.125. The van der Waals surface area contributed by atoms with E-state index in [2.05, 4.69) is 25.1 Å². The molecule has 3 heterocycles. The Morgan fingerprint density at radius 2 is 2.15 bits per heavy atom. The maximum Gasteiger partial charge on any atom is 0.234 e. The van der Waals surface area contributed by atoms with E-state index in [1.807, 2.05) is 12.3 Å². The summed E-state index contributed by atoms with van der Waals surface area (Å²) in [6.07, 6.45) is 4.33. The van der Waals surface area contributed by atoms with Gasteiger partial charge in [0.15, 0.2) is 0 Å². The van der Waals surface area contributed by atoms with Crippen molar-refractivity contribution < 1.29 is 4.79 Å². The molecule has 1 aromatic heterocycles. The summed E-state index contributed by atoms with van der Waals surface area (Å²) < 4.78 is 0. The van der Waals surface area contributed by atoms with Crippen molar-refractivity contribution in [3.05, 3.63) is 18.1 Å². The predicted octanol–water partition coefficient (Wildman–Crippen LogP) is -0.0256. The summed E-state index contributed by atoms with van der Waals surface area (Å²) in [7, 11) is 0. The standard InChI is InChI=1S/C14H19N5O/c20-13-9-18(6-5-15-13)11-7-19(8-11)12-3-4-16-14(17-12)10-1-2-10/h3-4,10-11H,1-2,5-9H2,(H,15,20). The maximum atomic E-state index is 11.4. The second-order valence-corrected chi connectivity index (χ2v) is 5.93. The highest BCUT2D eigenvalue weighted by molar-refractivity contribution is 5.78. The number of piperazine rings is 1. The first-order valence-electron chi connectivity index (χ1n) is 7.38. The molecule has 3 aliphatic rings. The number of nitrogens with one attached hydrogen (secondary N) is 1. The van der Waals surface area contributed by atoms with E-state index in [4.69, 9.17) is 0 Å². The number of nitrogens with zero attached hydrogens (tertiary/aromatic N) is 4. The zero-order valence-corrected chi connectivity index (χ0v) is 11.5. The highest BCUT2D eigenvalue weighted by Gasteiger charge is 2.35. The Hall–Kier alpha value is -1.69. The van der Waals surface area contributed by atoms with E-state index in [0.29, 0.717) is 18.5 Å². The van der Waals surface area contributed by atoms with E-state index in [1.54, 1.807) is 0 Å². The molecular formula is C14H19N5O. The molecule has 0 atom stereocenters. The second-order valence-electron chi connectivity index (χ2n) is 5.93. The van der Waals surface area contributed by atoms with Crippen LogP contribution in [0.4, 0.5) is 5.82 Å². The molecule has 1 saturated carbocycles. The van der Waals surface area contributed by atoms with Gasteiger partial charge in [0, 0.05) is 44.3 Å². The topological polar surface area (TPSA) is 61.4 Å². The maximum absolute atomic E-state index is 11.4. The smallest absolute Gasteiger partial charge is 0.234 e. The molecule has 20 heavy (non-hydrogen) atoms. The zero-order chi connectivity index (χ0) is 13.5. The summed E-state index contributed by atoms with van der Waals surface area (Å²) in [5, 5.41) is 2.87. The number of hydrogen-bond donors (Lipinski definition) is 1. The van der Waals surface area contributed by atoms with E-state index in [1.165, 1.54) is 12.8 Å². The quantitative estimate of drug-likeness (QED) is 0.838. The van der Waals surface area contributed by atoms with Crippen molar-refractivity contribution in [1.82, 2.24) is 20.2 Å². The van der Waals surface area contributed by atoms with E-state index in [9.17, 15) is 4.79 Å². The SMILES string of the molecule is O=C1CN(C2CN(c3ccnc(C4CC4)n3)C2)CCN1. The first kappa shape index (κ1) is 12.1. The molecule has 1 aliphatic carbocycles. The van der Waals surface area contributed by atoms with Crippen LogP contribution < -0.4 is 10.2 Å². The van der Waals surface area contributed by atoms with Gasteiger partial charge in [-0.3, -0.25) is 9.69 Å². The Morgan fingerprint density at radius 3 is 2.90 bits per heavy atom. The van der Waals surface area contributed by atoms with Crippen LogP contribution in [0.25, 0.3) is 0 Å². The predicted molar refractivity (Wildman–Crippen MR) is 74.6 cm³/mol. The third-order valence-corrected chi connectivity index (χ3v) is 4.37. The summed E-state index contributed by atoms with van der Waals surface area (Å²) in [5.41, 5.74) is 0. The number of anilines is 1. The average molecular weight is 273 g/mol. The van der Waals surface area contributed by atoms with Gasteiger partial charge in [0.05, 0.1) is 6.54 Å². The van der Waals surface area contributed by atoms with Gasteiger partial charge in [-0.1, -0.05) is 0 Å². The Labute approximate surface area is 118 Å². The summed E-state index contributed by atoms with van der Waals surface area (Å²) in [6.45, 7) is 4.20. The molecular weight excluding hydrogens is 254 g/mol. The van der Waals surface area contributed by atoms with E-state index in [-0.39, 0.29) is 5.91 Å². The van der Waals surface area contributed by atoms with E-state index in [0.717, 1.165) is 37.8 Å². The van der Waals surface area contributed by atoms with Gasteiger partial charge in [0.1, 0.15) is 11.6 Å². The molecule has 2 saturated heterocycles. The lowest BCUT2D eigenvalue weighted by Gasteiger charge is -2.46. The molecule has 0 unspecified atom stereocenters. The van der Waals surface area contributed by atoms with Crippen LogP contribution in [-0.4, -0.2) is 59.5 Å². The minimum absolute atomic E-state index is 0.146.